The lowest BCUT2D eigenvalue weighted by molar-refractivity contribution is 0.288. The van der Waals surface area contributed by atoms with Crippen molar-refractivity contribution in [3.05, 3.63) is 70.6 Å². The highest BCUT2D eigenvalue weighted by atomic mass is 16.5. The lowest BCUT2D eigenvalue weighted by atomic mass is 10.2. The zero-order valence-corrected chi connectivity index (χ0v) is 11.8. The van der Waals surface area contributed by atoms with Gasteiger partial charge in [-0.1, -0.05) is 18.2 Å². The Hall–Kier alpha value is -3.13. The zero-order valence-electron chi connectivity index (χ0n) is 11.8. The van der Waals surface area contributed by atoms with Crippen LogP contribution in [0.3, 0.4) is 0 Å². The van der Waals surface area contributed by atoms with Crippen LogP contribution in [-0.2, 0) is 6.54 Å². The molecule has 0 aliphatic rings. The van der Waals surface area contributed by atoms with Gasteiger partial charge in [-0.05, 0) is 30.3 Å². The Morgan fingerprint density at radius 3 is 2.68 bits per heavy atom. The summed E-state index contributed by atoms with van der Waals surface area (Å²) in [5.74, 6) is 0.660. The first kappa shape index (κ1) is 13.8. The molecule has 3 aromatic rings. The van der Waals surface area contributed by atoms with Crippen molar-refractivity contribution in [1.82, 2.24) is 9.78 Å². The highest BCUT2D eigenvalue weighted by Gasteiger charge is 2.03. The van der Waals surface area contributed by atoms with Crippen molar-refractivity contribution in [2.45, 2.75) is 6.54 Å². The summed E-state index contributed by atoms with van der Waals surface area (Å²) in [5, 5.41) is 14.4. The van der Waals surface area contributed by atoms with Crippen molar-refractivity contribution in [1.29, 1.82) is 5.26 Å². The summed E-state index contributed by atoms with van der Waals surface area (Å²) < 4.78 is 6.96. The molecule has 22 heavy (non-hydrogen) atoms. The second kappa shape index (κ2) is 6.10. The molecular weight excluding hydrogens is 278 g/mol. The average Bonchev–Trinajstić information content (AvgIpc) is 2.58. The monoisotopic (exact) mass is 291 g/mol. The molecule has 5 nitrogen and oxygen atoms in total. The molecule has 0 fully saturated rings. The van der Waals surface area contributed by atoms with Crippen LogP contribution in [0.1, 0.15) is 5.56 Å². The lowest BCUT2D eigenvalue weighted by Crippen LogP contribution is -2.25. The zero-order chi connectivity index (χ0) is 15.4. The summed E-state index contributed by atoms with van der Waals surface area (Å²) in [5.41, 5.74) is 0.460. The van der Waals surface area contributed by atoms with Gasteiger partial charge in [0, 0.05) is 5.39 Å². The maximum Gasteiger partial charge on any atom is 0.274 e. The molecule has 0 N–H and O–H groups in total. The van der Waals surface area contributed by atoms with E-state index in [4.69, 9.17) is 10.00 Å². The molecule has 0 bridgehead atoms. The lowest BCUT2D eigenvalue weighted by Gasteiger charge is -2.08. The van der Waals surface area contributed by atoms with Crippen LogP contribution in [0.2, 0.25) is 0 Å². The molecule has 0 amide bonds. The van der Waals surface area contributed by atoms with Crippen LogP contribution in [-0.4, -0.2) is 16.4 Å². The van der Waals surface area contributed by atoms with Gasteiger partial charge in [0.15, 0.2) is 0 Å². The second-order valence-corrected chi connectivity index (χ2v) is 4.74. The van der Waals surface area contributed by atoms with Gasteiger partial charge in [-0.3, -0.25) is 4.79 Å². The Kier molecular flexibility index (Phi) is 3.84. The maximum atomic E-state index is 12.3. The van der Waals surface area contributed by atoms with E-state index in [-0.39, 0.29) is 5.56 Å². The topological polar surface area (TPSA) is 67.9 Å². The molecule has 0 atom stereocenters. The van der Waals surface area contributed by atoms with Crippen molar-refractivity contribution >= 4 is 10.8 Å². The largest absolute Gasteiger partial charge is 0.492 e. The molecular formula is C17H13N3O2. The molecule has 0 radical (unpaired) electrons. The van der Waals surface area contributed by atoms with Gasteiger partial charge in [0.05, 0.1) is 29.8 Å². The Morgan fingerprint density at radius 2 is 1.91 bits per heavy atom. The molecule has 2 aromatic carbocycles. The van der Waals surface area contributed by atoms with E-state index < -0.39 is 0 Å². The Morgan fingerprint density at radius 1 is 1.14 bits per heavy atom. The number of fused-ring (bicyclic) bond motifs is 1. The molecule has 1 heterocycles. The van der Waals surface area contributed by atoms with Crippen LogP contribution < -0.4 is 10.3 Å². The van der Waals surface area contributed by atoms with Gasteiger partial charge in [0.1, 0.15) is 12.4 Å². The first-order valence-corrected chi connectivity index (χ1v) is 6.86. The summed E-state index contributed by atoms with van der Waals surface area (Å²) >= 11 is 0. The molecule has 3 rings (SSSR count). The molecule has 0 unspecified atom stereocenters. The summed E-state index contributed by atoms with van der Waals surface area (Å²) in [7, 11) is 0. The van der Waals surface area contributed by atoms with Crippen molar-refractivity contribution in [3.8, 4) is 11.8 Å². The SMILES string of the molecule is N#Cc1ccc(OCCn2ncc3ccccc3c2=O)cc1. The summed E-state index contributed by atoms with van der Waals surface area (Å²) in [6.07, 6.45) is 1.68. The minimum Gasteiger partial charge on any atom is -0.492 e. The molecule has 0 aliphatic heterocycles. The summed E-state index contributed by atoms with van der Waals surface area (Å²) in [6, 6.07) is 16.3. The van der Waals surface area contributed by atoms with E-state index >= 15 is 0 Å². The van der Waals surface area contributed by atoms with E-state index in [0.717, 1.165) is 5.39 Å². The molecule has 108 valence electrons. The minimum atomic E-state index is -0.124. The van der Waals surface area contributed by atoms with E-state index in [1.165, 1.54) is 4.68 Å². The Bertz CT molecular complexity index is 892. The van der Waals surface area contributed by atoms with Gasteiger partial charge < -0.3 is 4.74 Å². The highest BCUT2D eigenvalue weighted by molar-refractivity contribution is 5.80. The smallest absolute Gasteiger partial charge is 0.274 e. The summed E-state index contributed by atoms with van der Waals surface area (Å²) in [6.45, 7) is 0.695. The molecule has 0 saturated heterocycles. The van der Waals surface area contributed by atoms with Crippen LogP contribution in [0, 0.1) is 11.3 Å². The van der Waals surface area contributed by atoms with Crippen LogP contribution in [0.15, 0.2) is 59.5 Å². The molecule has 0 spiro atoms. The molecule has 1 aromatic heterocycles. The van der Waals surface area contributed by atoms with Crippen molar-refractivity contribution in [3.63, 3.8) is 0 Å². The fourth-order valence-corrected chi connectivity index (χ4v) is 2.16. The fourth-order valence-electron chi connectivity index (χ4n) is 2.16. The highest BCUT2D eigenvalue weighted by Crippen LogP contribution is 2.11. The first-order chi connectivity index (χ1) is 10.8. The number of benzene rings is 2. The predicted octanol–water partition coefficient (Wildman–Crippen LogP) is 2.35. The Labute approximate surface area is 127 Å². The number of nitrogens with zero attached hydrogens (tertiary/aromatic N) is 3. The van der Waals surface area contributed by atoms with Gasteiger partial charge in [0.2, 0.25) is 0 Å². The predicted molar refractivity (Wildman–Crippen MR) is 82.7 cm³/mol. The molecule has 0 saturated carbocycles. The number of rotatable bonds is 4. The van der Waals surface area contributed by atoms with Crippen molar-refractivity contribution < 1.29 is 4.74 Å². The van der Waals surface area contributed by atoms with Crippen LogP contribution >= 0.6 is 0 Å². The molecule has 0 aliphatic carbocycles. The van der Waals surface area contributed by atoms with E-state index in [9.17, 15) is 4.79 Å². The van der Waals surface area contributed by atoms with Crippen molar-refractivity contribution in [2.75, 3.05) is 6.61 Å². The maximum absolute atomic E-state index is 12.3. The van der Waals surface area contributed by atoms with Gasteiger partial charge in [-0.25, -0.2) is 4.68 Å². The minimum absolute atomic E-state index is 0.124. The standard InChI is InChI=1S/C17H13N3O2/c18-11-13-5-7-15(8-6-13)22-10-9-20-17(21)16-4-2-1-3-14(16)12-19-20/h1-8,12H,9-10H2. The van der Waals surface area contributed by atoms with E-state index in [0.29, 0.717) is 29.9 Å². The van der Waals surface area contributed by atoms with Crippen LogP contribution in [0.5, 0.6) is 5.75 Å². The Balaban J connectivity index is 1.70. The third-order valence-corrected chi connectivity index (χ3v) is 3.32. The summed E-state index contributed by atoms with van der Waals surface area (Å²) in [4.78, 5) is 12.3. The van der Waals surface area contributed by atoms with Crippen LogP contribution in [0.4, 0.5) is 0 Å². The molecule has 5 heteroatoms. The number of nitriles is 1. The number of ether oxygens (including phenoxy) is 1. The normalized spacial score (nSPS) is 10.3. The number of aromatic nitrogens is 2. The van der Waals surface area contributed by atoms with Gasteiger partial charge in [-0.2, -0.15) is 10.4 Å². The van der Waals surface area contributed by atoms with Gasteiger partial charge >= 0.3 is 0 Å². The number of hydrogen-bond donors (Lipinski definition) is 0. The van der Waals surface area contributed by atoms with Crippen LogP contribution in [0.25, 0.3) is 10.8 Å². The van der Waals surface area contributed by atoms with Crippen molar-refractivity contribution in [2.24, 2.45) is 0 Å². The quantitative estimate of drug-likeness (QED) is 0.740. The fraction of sp³-hybridized carbons (Fsp3) is 0.118. The third kappa shape index (κ3) is 2.81. The van der Waals surface area contributed by atoms with E-state index in [2.05, 4.69) is 5.10 Å². The first-order valence-electron chi connectivity index (χ1n) is 6.86. The average molecular weight is 291 g/mol. The third-order valence-electron chi connectivity index (χ3n) is 3.32. The van der Waals surface area contributed by atoms with Gasteiger partial charge in [-0.15, -0.1) is 0 Å². The second-order valence-electron chi connectivity index (χ2n) is 4.74. The van der Waals surface area contributed by atoms with Gasteiger partial charge in [0.25, 0.3) is 5.56 Å². The van der Waals surface area contributed by atoms with E-state index in [1.807, 2.05) is 24.3 Å². The van der Waals surface area contributed by atoms with E-state index in [1.54, 1.807) is 36.5 Å². The number of hydrogen-bond acceptors (Lipinski definition) is 4.